The van der Waals surface area contributed by atoms with E-state index < -0.39 is 6.17 Å². The predicted octanol–water partition coefficient (Wildman–Crippen LogP) is 4.70. The van der Waals surface area contributed by atoms with Crippen molar-refractivity contribution < 1.29 is 9.21 Å². The fraction of sp³-hybridized carbons (Fsp3) is 0.0556. The zero-order valence-electron chi connectivity index (χ0n) is 12.1. The molecule has 1 aliphatic rings. The second kappa shape index (κ2) is 5.48. The first-order valence-corrected chi connectivity index (χ1v) is 7.60. The summed E-state index contributed by atoms with van der Waals surface area (Å²) >= 11 is 5.97. The number of hydrogen-bond acceptors (Lipinski definition) is 3. The molecular formula is C18H13ClN2O2. The van der Waals surface area contributed by atoms with Gasteiger partial charge in [0.2, 0.25) is 0 Å². The predicted molar refractivity (Wildman–Crippen MR) is 89.8 cm³/mol. The molecule has 1 N–H and O–H groups in total. The van der Waals surface area contributed by atoms with Crippen LogP contribution < -0.4 is 10.2 Å². The lowest BCUT2D eigenvalue weighted by Gasteiger charge is -2.36. The summed E-state index contributed by atoms with van der Waals surface area (Å²) in [5, 5.41) is 4.00. The summed E-state index contributed by atoms with van der Waals surface area (Å²) in [4.78, 5) is 14.7. The van der Waals surface area contributed by atoms with Crippen molar-refractivity contribution in [3.05, 3.63) is 83.3 Å². The van der Waals surface area contributed by atoms with Gasteiger partial charge in [-0.25, -0.2) is 0 Å². The van der Waals surface area contributed by atoms with Crippen LogP contribution in [0.15, 0.2) is 71.3 Å². The van der Waals surface area contributed by atoms with E-state index in [2.05, 4.69) is 5.32 Å². The molecule has 0 saturated carbocycles. The van der Waals surface area contributed by atoms with Gasteiger partial charge in [-0.15, -0.1) is 0 Å². The maximum absolute atomic E-state index is 13.0. The summed E-state index contributed by atoms with van der Waals surface area (Å²) < 4.78 is 5.53. The zero-order valence-corrected chi connectivity index (χ0v) is 12.8. The van der Waals surface area contributed by atoms with E-state index in [0.29, 0.717) is 16.3 Å². The third-order valence-corrected chi connectivity index (χ3v) is 4.10. The molecule has 2 aromatic carbocycles. The Bertz CT molecular complexity index is 844. The lowest BCUT2D eigenvalue weighted by molar-refractivity contribution is 0.0972. The van der Waals surface area contributed by atoms with Crippen molar-refractivity contribution in [2.75, 3.05) is 10.2 Å². The minimum atomic E-state index is -0.409. The number of rotatable bonds is 2. The van der Waals surface area contributed by atoms with Crippen LogP contribution in [0.25, 0.3) is 0 Å². The normalized spacial score (nSPS) is 16.8. The molecule has 0 saturated heterocycles. The minimum Gasteiger partial charge on any atom is -0.465 e. The van der Waals surface area contributed by atoms with E-state index in [0.717, 1.165) is 11.4 Å². The highest BCUT2D eigenvalue weighted by Crippen LogP contribution is 2.36. The van der Waals surface area contributed by atoms with Crippen molar-refractivity contribution in [1.82, 2.24) is 0 Å². The second-order valence-corrected chi connectivity index (χ2v) is 5.70. The summed E-state index contributed by atoms with van der Waals surface area (Å²) in [5.74, 6) is 0.589. The fourth-order valence-electron chi connectivity index (χ4n) is 2.77. The molecule has 1 amide bonds. The van der Waals surface area contributed by atoms with Crippen LogP contribution in [0.3, 0.4) is 0 Å². The summed E-state index contributed by atoms with van der Waals surface area (Å²) in [5.41, 5.74) is 2.18. The monoisotopic (exact) mass is 324 g/mol. The number of amides is 1. The molecular weight excluding hydrogens is 312 g/mol. The first-order valence-electron chi connectivity index (χ1n) is 7.22. The van der Waals surface area contributed by atoms with Gasteiger partial charge in [0.25, 0.3) is 5.91 Å². The fourth-order valence-corrected chi connectivity index (χ4v) is 2.89. The maximum atomic E-state index is 13.0. The van der Waals surface area contributed by atoms with Crippen molar-refractivity contribution in [3.8, 4) is 0 Å². The molecule has 0 aliphatic carbocycles. The Hall–Kier alpha value is -2.72. The topological polar surface area (TPSA) is 45.5 Å². The molecule has 1 aliphatic heterocycles. The van der Waals surface area contributed by atoms with Crippen molar-refractivity contribution in [2.45, 2.75) is 6.17 Å². The average molecular weight is 325 g/mol. The van der Waals surface area contributed by atoms with E-state index in [1.165, 1.54) is 0 Å². The SMILES string of the molecule is O=C1c2ccccc2NC(c2ccco2)N1c1ccc(Cl)cc1. The number of furan rings is 1. The standard InChI is InChI=1S/C18H13ClN2O2/c19-12-7-9-13(10-8-12)21-17(16-6-3-11-23-16)20-15-5-2-1-4-14(15)18(21)22/h1-11,17,20H. The lowest BCUT2D eigenvalue weighted by Crippen LogP contribution is -2.43. The van der Waals surface area contributed by atoms with Gasteiger partial charge in [-0.05, 0) is 48.5 Å². The number of halogens is 1. The molecule has 4 rings (SSSR count). The number of fused-ring (bicyclic) bond motifs is 1. The van der Waals surface area contributed by atoms with Gasteiger partial charge in [0.1, 0.15) is 5.76 Å². The van der Waals surface area contributed by atoms with Crippen LogP contribution in [0.1, 0.15) is 22.3 Å². The molecule has 114 valence electrons. The van der Waals surface area contributed by atoms with Gasteiger partial charge in [0.15, 0.2) is 6.17 Å². The Morgan fingerprint density at radius 3 is 2.52 bits per heavy atom. The van der Waals surface area contributed by atoms with Crippen LogP contribution in [0.5, 0.6) is 0 Å². The Morgan fingerprint density at radius 2 is 1.78 bits per heavy atom. The van der Waals surface area contributed by atoms with Gasteiger partial charge in [-0.3, -0.25) is 9.69 Å². The largest absolute Gasteiger partial charge is 0.465 e. The Morgan fingerprint density at radius 1 is 1.00 bits per heavy atom. The second-order valence-electron chi connectivity index (χ2n) is 5.26. The number of nitrogens with one attached hydrogen (secondary N) is 1. The highest BCUT2D eigenvalue weighted by Gasteiger charge is 2.35. The van der Waals surface area contributed by atoms with E-state index in [4.69, 9.17) is 16.0 Å². The number of carbonyl (C=O) groups excluding carboxylic acids is 1. The summed E-state index contributed by atoms with van der Waals surface area (Å²) in [6, 6.07) is 18.3. The molecule has 0 bridgehead atoms. The van der Waals surface area contributed by atoms with Crippen molar-refractivity contribution in [3.63, 3.8) is 0 Å². The van der Waals surface area contributed by atoms with Crippen LogP contribution in [0.2, 0.25) is 5.02 Å². The van der Waals surface area contributed by atoms with Gasteiger partial charge in [0, 0.05) is 16.4 Å². The lowest BCUT2D eigenvalue weighted by atomic mass is 10.1. The van der Waals surface area contributed by atoms with Crippen molar-refractivity contribution >= 4 is 28.9 Å². The van der Waals surface area contributed by atoms with Crippen LogP contribution in [-0.4, -0.2) is 5.91 Å². The molecule has 0 fully saturated rings. The van der Waals surface area contributed by atoms with Crippen LogP contribution in [0.4, 0.5) is 11.4 Å². The van der Waals surface area contributed by atoms with Crippen molar-refractivity contribution in [1.29, 1.82) is 0 Å². The molecule has 23 heavy (non-hydrogen) atoms. The number of para-hydroxylation sites is 1. The van der Waals surface area contributed by atoms with Gasteiger partial charge in [-0.1, -0.05) is 23.7 Å². The molecule has 2 heterocycles. The summed E-state index contributed by atoms with van der Waals surface area (Å²) in [6.45, 7) is 0. The Labute approximate surface area is 138 Å². The van der Waals surface area contributed by atoms with E-state index in [-0.39, 0.29) is 5.91 Å². The molecule has 5 heteroatoms. The molecule has 1 aromatic heterocycles. The summed E-state index contributed by atoms with van der Waals surface area (Å²) in [7, 11) is 0. The molecule has 0 radical (unpaired) electrons. The first kappa shape index (κ1) is 13.9. The van der Waals surface area contributed by atoms with Gasteiger partial charge in [-0.2, -0.15) is 0 Å². The van der Waals surface area contributed by atoms with Crippen LogP contribution in [0, 0.1) is 0 Å². The van der Waals surface area contributed by atoms with Crippen LogP contribution in [-0.2, 0) is 0 Å². The van der Waals surface area contributed by atoms with Gasteiger partial charge < -0.3 is 9.73 Å². The number of benzene rings is 2. The third-order valence-electron chi connectivity index (χ3n) is 3.84. The van der Waals surface area contributed by atoms with E-state index in [1.807, 2.05) is 48.5 Å². The van der Waals surface area contributed by atoms with Crippen molar-refractivity contribution in [2.24, 2.45) is 0 Å². The first-order chi connectivity index (χ1) is 11.2. The Kier molecular flexibility index (Phi) is 3.32. The average Bonchev–Trinajstić information content (AvgIpc) is 3.10. The molecule has 1 unspecified atom stereocenters. The minimum absolute atomic E-state index is 0.0805. The highest BCUT2D eigenvalue weighted by atomic mass is 35.5. The van der Waals surface area contributed by atoms with E-state index in [1.54, 1.807) is 23.3 Å². The molecule has 0 spiro atoms. The number of anilines is 2. The quantitative estimate of drug-likeness (QED) is 0.743. The highest BCUT2D eigenvalue weighted by molar-refractivity contribution is 6.30. The number of carbonyl (C=O) groups is 1. The maximum Gasteiger partial charge on any atom is 0.262 e. The van der Waals surface area contributed by atoms with E-state index >= 15 is 0 Å². The van der Waals surface area contributed by atoms with Gasteiger partial charge in [0.05, 0.1) is 11.8 Å². The van der Waals surface area contributed by atoms with E-state index in [9.17, 15) is 4.79 Å². The van der Waals surface area contributed by atoms with Crippen LogP contribution >= 0.6 is 11.6 Å². The third kappa shape index (κ3) is 2.37. The summed E-state index contributed by atoms with van der Waals surface area (Å²) in [6.07, 6.45) is 1.19. The number of hydrogen-bond donors (Lipinski definition) is 1. The molecule has 4 nitrogen and oxygen atoms in total. The van der Waals surface area contributed by atoms with Gasteiger partial charge >= 0.3 is 0 Å². The Balaban J connectivity index is 1.85. The smallest absolute Gasteiger partial charge is 0.262 e. The molecule has 1 atom stereocenters. The number of nitrogens with zero attached hydrogens (tertiary/aromatic N) is 1. The zero-order chi connectivity index (χ0) is 15.8. The molecule has 3 aromatic rings.